The number of rotatable bonds is 5. The molecular formula is C24H20ClNO5. The monoisotopic (exact) mass is 437 g/mol. The fraction of sp³-hybridized carbons (Fsp3) is 0.167. The molecule has 2 aromatic carbocycles. The van der Waals surface area contributed by atoms with Gasteiger partial charge in [-0.25, -0.2) is 0 Å². The number of aryl methyl sites for hydroxylation is 1. The number of aliphatic hydroxyl groups is 1. The van der Waals surface area contributed by atoms with E-state index in [4.69, 9.17) is 20.8 Å². The molecule has 1 atom stereocenters. The lowest BCUT2D eigenvalue weighted by molar-refractivity contribution is -0.140. The van der Waals surface area contributed by atoms with E-state index in [-0.39, 0.29) is 17.9 Å². The molecule has 1 aromatic heterocycles. The number of aliphatic hydroxyl groups excluding tert-OH is 1. The number of benzene rings is 2. The summed E-state index contributed by atoms with van der Waals surface area (Å²) in [5, 5.41) is 11.4. The Bertz CT molecular complexity index is 1180. The Balaban J connectivity index is 1.81. The lowest BCUT2D eigenvalue weighted by Gasteiger charge is -2.23. The van der Waals surface area contributed by atoms with Crippen LogP contribution in [0.25, 0.3) is 5.76 Å². The number of nitrogens with zero attached hydrogens (tertiary/aromatic N) is 1. The Morgan fingerprint density at radius 3 is 2.48 bits per heavy atom. The van der Waals surface area contributed by atoms with Crippen molar-refractivity contribution in [2.75, 3.05) is 7.11 Å². The molecular weight excluding hydrogens is 418 g/mol. The topological polar surface area (TPSA) is 80.0 Å². The molecule has 1 aliphatic rings. The minimum atomic E-state index is -0.866. The van der Waals surface area contributed by atoms with Crippen molar-refractivity contribution < 1.29 is 23.8 Å². The minimum absolute atomic E-state index is 0.0323. The van der Waals surface area contributed by atoms with Gasteiger partial charge in [-0.2, -0.15) is 0 Å². The number of hydrogen-bond acceptors (Lipinski definition) is 5. The SMILES string of the molecule is COc1ccc(CN2C(=O)C(=O)/C(=C(\O)c3cccc(Cl)c3)C2c2ccc(C)o2)cc1. The Hall–Kier alpha value is -3.51. The summed E-state index contributed by atoms with van der Waals surface area (Å²) in [6, 6.07) is 16.3. The summed E-state index contributed by atoms with van der Waals surface area (Å²) in [6.07, 6.45) is 0. The van der Waals surface area contributed by atoms with Crippen LogP contribution in [0.15, 0.2) is 70.7 Å². The molecule has 6 nitrogen and oxygen atoms in total. The van der Waals surface area contributed by atoms with E-state index in [0.29, 0.717) is 27.9 Å². The van der Waals surface area contributed by atoms with Crippen LogP contribution in [0.4, 0.5) is 0 Å². The summed E-state index contributed by atoms with van der Waals surface area (Å²) in [5.74, 6) is -0.0628. The minimum Gasteiger partial charge on any atom is -0.507 e. The van der Waals surface area contributed by atoms with Crippen molar-refractivity contribution in [1.82, 2.24) is 4.90 Å². The third-order valence-corrected chi connectivity index (χ3v) is 5.42. The first-order valence-electron chi connectivity index (χ1n) is 9.62. The number of likely N-dealkylation sites (tertiary alicyclic amines) is 1. The zero-order chi connectivity index (χ0) is 22.1. The predicted molar refractivity (Wildman–Crippen MR) is 116 cm³/mol. The number of carbonyl (C=O) groups excluding carboxylic acids is 2. The van der Waals surface area contributed by atoms with Gasteiger partial charge in [-0.05, 0) is 48.9 Å². The van der Waals surface area contributed by atoms with Crippen LogP contribution in [0, 0.1) is 6.92 Å². The van der Waals surface area contributed by atoms with Gasteiger partial charge in [0.15, 0.2) is 0 Å². The molecule has 1 fully saturated rings. The number of amides is 1. The van der Waals surface area contributed by atoms with Crippen LogP contribution in [0.3, 0.4) is 0 Å². The van der Waals surface area contributed by atoms with Crippen molar-refractivity contribution in [1.29, 1.82) is 0 Å². The van der Waals surface area contributed by atoms with Crippen LogP contribution < -0.4 is 4.74 Å². The quantitative estimate of drug-likeness (QED) is 0.350. The fourth-order valence-electron chi connectivity index (χ4n) is 3.66. The second-order valence-electron chi connectivity index (χ2n) is 7.23. The van der Waals surface area contributed by atoms with E-state index >= 15 is 0 Å². The summed E-state index contributed by atoms with van der Waals surface area (Å²) in [7, 11) is 1.57. The van der Waals surface area contributed by atoms with Gasteiger partial charge in [-0.1, -0.05) is 35.9 Å². The molecule has 4 rings (SSSR count). The highest BCUT2D eigenvalue weighted by molar-refractivity contribution is 6.46. The Morgan fingerprint density at radius 1 is 1.13 bits per heavy atom. The van der Waals surface area contributed by atoms with Crippen LogP contribution in [0.1, 0.15) is 28.7 Å². The highest BCUT2D eigenvalue weighted by Gasteiger charge is 2.47. The number of ketones is 1. The van der Waals surface area contributed by atoms with Gasteiger partial charge >= 0.3 is 0 Å². The van der Waals surface area contributed by atoms with Crippen LogP contribution in [-0.2, 0) is 16.1 Å². The van der Waals surface area contributed by atoms with E-state index < -0.39 is 17.7 Å². The molecule has 0 aliphatic carbocycles. The van der Waals surface area contributed by atoms with Crippen LogP contribution in [0.5, 0.6) is 5.75 Å². The number of Topliss-reactive ketones (excluding diaryl/α,β-unsaturated/α-hetero) is 1. The van der Waals surface area contributed by atoms with Gasteiger partial charge in [-0.3, -0.25) is 9.59 Å². The highest BCUT2D eigenvalue weighted by atomic mass is 35.5. The average molecular weight is 438 g/mol. The fourth-order valence-corrected chi connectivity index (χ4v) is 3.85. The predicted octanol–water partition coefficient (Wildman–Crippen LogP) is 4.87. The third-order valence-electron chi connectivity index (χ3n) is 5.18. The molecule has 0 radical (unpaired) electrons. The first-order chi connectivity index (χ1) is 14.9. The molecule has 1 N–H and O–H groups in total. The van der Waals surface area contributed by atoms with E-state index in [1.165, 1.54) is 11.0 Å². The third kappa shape index (κ3) is 3.94. The van der Waals surface area contributed by atoms with Crippen molar-refractivity contribution in [2.45, 2.75) is 19.5 Å². The van der Waals surface area contributed by atoms with Crippen LogP contribution >= 0.6 is 11.6 Å². The molecule has 3 aromatic rings. The summed E-state index contributed by atoms with van der Waals surface area (Å²) >= 11 is 6.05. The lowest BCUT2D eigenvalue weighted by atomic mass is 9.99. The molecule has 31 heavy (non-hydrogen) atoms. The number of furan rings is 1. The first kappa shape index (κ1) is 20.8. The number of ether oxygens (including phenoxy) is 1. The molecule has 1 saturated heterocycles. The van der Waals surface area contributed by atoms with Crippen molar-refractivity contribution in [2.24, 2.45) is 0 Å². The molecule has 1 amide bonds. The molecule has 158 valence electrons. The van der Waals surface area contributed by atoms with Crippen LogP contribution in [0.2, 0.25) is 5.02 Å². The van der Waals surface area contributed by atoms with Crippen molar-refractivity contribution in [3.63, 3.8) is 0 Å². The van der Waals surface area contributed by atoms with Crippen LogP contribution in [-0.4, -0.2) is 28.8 Å². The van der Waals surface area contributed by atoms with Gasteiger partial charge in [0.1, 0.15) is 29.1 Å². The second-order valence-corrected chi connectivity index (χ2v) is 7.67. The van der Waals surface area contributed by atoms with E-state index in [0.717, 1.165) is 5.56 Å². The van der Waals surface area contributed by atoms with E-state index in [1.54, 1.807) is 56.5 Å². The normalized spacial score (nSPS) is 17.9. The van der Waals surface area contributed by atoms with Gasteiger partial charge in [-0.15, -0.1) is 0 Å². The van der Waals surface area contributed by atoms with E-state index in [1.807, 2.05) is 12.1 Å². The average Bonchev–Trinajstić information content (AvgIpc) is 3.30. The number of carbonyl (C=O) groups is 2. The molecule has 0 bridgehead atoms. The second kappa shape index (κ2) is 8.32. The van der Waals surface area contributed by atoms with Crippen molar-refractivity contribution in [3.8, 4) is 5.75 Å². The van der Waals surface area contributed by atoms with Gasteiger partial charge < -0.3 is 19.2 Å². The van der Waals surface area contributed by atoms with E-state index in [9.17, 15) is 14.7 Å². The van der Waals surface area contributed by atoms with Crippen molar-refractivity contribution in [3.05, 3.63) is 93.9 Å². The lowest BCUT2D eigenvalue weighted by Crippen LogP contribution is -2.29. The maximum atomic E-state index is 13.0. The summed E-state index contributed by atoms with van der Waals surface area (Å²) in [6.45, 7) is 1.93. The molecule has 2 heterocycles. The van der Waals surface area contributed by atoms with Gasteiger partial charge in [0.25, 0.3) is 11.7 Å². The first-order valence-corrected chi connectivity index (χ1v) is 10.0. The maximum Gasteiger partial charge on any atom is 0.296 e. The highest BCUT2D eigenvalue weighted by Crippen LogP contribution is 2.41. The summed E-state index contributed by atoms with van der Waals surface area (Å²) in [5.41, 5.74) is 1.12. The number of hydrogen-bond donors (Lipinski definition) is 1. The molecule has 1 aliphatic heterocycles. The molecule has 1 unspecified atom stereocenters. The summed E-state index contributed by atoms with van der Waals surface area (Å²) < 4.78 is 10.9. The molecule has 7 heteroatoms. The Kier molecular flexibility index (Phi) is 5.57. The Labute approximate surface area is 184 Å². The standard InChI is InChI=1S/C24H20ClNO5/c1-14-6-11-19(31-14)21-20(22(27)16-4-3-5-17(25)12-16)23(28)24(29)26(21)13-15-7-9-18(30-2)10-8-15/h3-12,21,27H,13H2,1-2H3/b22-20-. The van der Waals surface area contributed by atoms with E-state index in [2.05, 4.69) is 0 Å². The van der Waals surface area contributed by atoms with Crippen molar-refractivity contribution >= 4 is 29.1 Å². The van der Waals surface area contributed by atoms with Gasteiger partial charge in [0.05, 0.1) is 12.7 Å². The molecule has 0 saturated carbocycles. The largest absolute Gasteiger partial charge is 0.507 e. The number of halogens is 1. The Morgan fingerprint density at radius 2 is 1.87 bits per heavy atom. The number of methoxy groups -OCH3 is 1. The van der Waals surface area contributed by atoms with Gasteiger partial charge in [0.2, 0.25) is 0 Å². The zero-order valence-electron chi connectivity index (χ0n) is 17.0. The summed E-state index contributed by atoms with van der Waals surface area (Å²) in [4.78, 5) is 27.4. The smallest absolute Gasteiger partial charge is 0.296 e. The maximum absolute atomic E-state index is 13.0. The zero-order valence-corrected chi connectivity index (χ0v) is 17.7. The molecule has 0 spiro atoms. The van der Waals surface area contributed by atoms with Gasteiger partial charge in [0, 0.05) is 17.1 Å².